The van der Waals surface area contributed by atoms with Crippen LogP contribution in [0, 0.1) is 13.8 Å². The Morgan fingerprint density at radius 2 is 2.05 bits per heavy atom. The third-order valence-electron chi connectivity index (χ3n) is 2.87. The largest absolute Gasteiger partial charge is 0.351 e. The molecule has 6 heteroatoms. The van der Waals surface area contributed by atoms with Crippen LogP contribution < -0.4 is 5.32 Å². The highest BCUT2D eigenvalue weighted by Crippen LogP contribution is 2.06. The maximum absolute atomic E-state index is 4.40. The number of pyridine rings is 1. The fourth-order valence-electron chi connectivity index (χ4n) is 1.93. The van der Waals surface area contributed by atoms with E-state index < -0.39 is 0 Å². The molecule has 3 aromatic rings. The first-order valence-corrected chi connectivity index (χ1v) is 6.27. The predicted molar refractivity (Wildman–Crippen MR) is 73.2 cm³/mol. The highest BCUT2D eigenvalue weighted by atomic mass is 15.3. The molecule has 0 amide bonds. The van der Waals surface area contributed by atoms with Gasteiger partial charge in [-0.2, -0.15) is 10.1 Å². The SMILES string of the molecule is Cc1cnn(CCNc2nc3ccc(C)cn3n2)c1. The van der Waals surface area contributed by atoms with Crippen LogP contribution in [0.1, 0.15) is 11.1 Å². The number of nitrogens with one attached hydrogen (secondary N) is 1. The van der Waals surface area contributed by atoms with Gasteiger partial charge in [0.05, 0.1) is 12.7 Å². The van der Waals surface area contributed by atoms with E-state index >= 15 is 0 Å². The van der Waals surface area contributed by atoms with Gasteiger partial charge >= 0.3 is 0 Å². The molecule has 0 aliphatic rings. The number of fused-ring (bicyclic) bond motifs is 1. The number of rotatable bonds is 4. The summed E-state index contributed by atoms with van der Waals surface area (Å²) in [6.07, 6.45) is 5.83. The van der Waals surface area contributed by atoms with E-state index in [1.807, 2.05) is 49.3 Å². The van der Waals surface area contributed by atoms with Crippen LogP contribution in [-0.4, -0.2) is 30.9 Å². The van der Waals surface area contributed by atoms with Crippen LogP contribution in [0.5, 0.6) is 0 Å². The molecular weight excluding hydrogens is 240 g/mol. The van der Waals surface area contributed by atoms with Gasteiger partial charge in [0.1, 0.15) is 0 Å². The van der Waals surface area contributed by atoms with E-state index in [1.165, 1.54) is 5.56 Å². The van der Waals surface area contributed by atoms with Crippen molar-refractivity contribution in [3.05, 3.63) is 41.9 Å². The number of anilines is 1. The smallest absolute Gasteiger partial charge is 0.243 e. The third kappa shape index (κ3) is 2.57. The maximum atomic E-state index is 4.40. The van der Waals surface area contributed by atoms with Crippen LogP contribution in [0.25, 0.3) is 5.65 Å². The third-order valence-corrected chi connectivity index (χ3v) is 2.87. The van der Waals surface area contributed by atoms with Gasteiger partial charge < -0.3 is 5.32 Å². The molecule has 0 aliphatic heterocycles. The average Bonchev–Trinajstić information content (AvgIpc) is 2.95. The molecule has 3 aromatic heterocycles. The van der Waals surface area contributed by atoms with Crippen molar-refractivity contribution in [3.63, 3.8) is 0 Å². The molecule has 0 unspecified atom stereocenters. The molecule has 0 atom stereocenters. The summed E-state index contributed by atoms with van der Waals surface area (Å²) in [5.74, 6) is 0.648. The molecule has 0 aromatic carbocycles. The Bertz CT molecular complexity index is 696. The lowest BCUT2D eigenvalue weighted by Gasteiger charge is -2.01. The molecule has 0 fully saturated rings. The second kappa shape index (κ2) is 4.72. The molecule has 0 saturated carbocycles. The van der Waals surface area contributed by atoms with Gasteiger partial charge in [0, 0.05) is 18.9 Å². The van der Waals surface area contributed by atoms with E-state index in [0.29, 0.717) is 5.95 Å². The van der Waals surface area contributed by atoms with Gasteiger partial charge in [0.2, 0.25) is 5.95 Å². The zero-order chi connectivity index (χ0) is 13.2. The summed E-state index contributed by atoms with van der Waals surface area (Å²) >= 11 is 0. The Morgan fingerprint density at radius 3 is 2.84 bits per heavy atom. The molecule has 19 heavy (non-hydrogen) atoms. The van der Waals surface area contributed by atoms with Gasteiger partial charge in [-0.1, -0.05) is 6.07 Å². The number of hydrogen-bond acceptors (Lipinski definition) is 4. The minimum Gasteiger partial charge on any atom is -0.351 e. The average molecular weight is 256 g/mol. The molecule has 1 N–H and O–H groups in total. The quantitative estimate of drug-likeness (QED) is 0.771. The lowest BCUT2D eigenvalue weighted by atomic mass is 10.3. The first-order valence-electron chi connectivity index (χ1n) is 6.27. The number of hydrogen-bond donors (Lipinski definition) is 1. The highest BCUT2D eigenvalue weighted by Gasteiger charge is 2.02. The monoisotopic (exact) mass is 256 g/mol. The minimum atomic E-state index is 0.648. The molecular formula is C13H16N6. The van der Waals surface area contributed by atoms with Crippen LogP contribution >= 0.6 is 0 Å². The van der Waals surface area contributed by atoms with Crippen LogP contribution in [0.15, 0.2) is 30.7 Å². The van der Waals surface area contributed by atoms with Crippen molar-refractivity contribution in [2.24, 2.45) is 0 Å². The number of nitrogens with zero attached hydrogens (tertiary/aromatic N) is 5. The zero-order valence-corrected chi connectivity index (χ0v) is 11.0. The fourth-order valence-corrected chi connectivity index (χ4v) is 1.93. The number of aryl methyl sites for hydroxylation is 2. The Balaban J connectivity index is 1.65. The normalized spacial score (nSPS) is 11.1. The Kier molecular flexibility index (Phi) is 2.91. The van der Waals surface area contributed by atoms with Crippen molar-refractivity contribution in [2.75, 3.05) is 11.9 Å². The van der Waals surface area contributed by atoms with E-state index in [0.717, 1.165) is 24.3 Å². The van der Waals surface area contributed by atoms with Crippen LogP contribution in [-0.2, 0) is 6.54 Å². The van der Waals surface area contributed by atoms with Gasteiger partial charge in [0.25, 0.3) is 0 Å². The van der Waals surface area contributed by atoms with Crippen LogP contribution in [0.3, 0.4) is 0 Å². The second-order valence-electron chi connectivity index (χ2n) is 4.65. The van der Waals surface area contributed by atoms with E-state index in [-0.39, 0.29) is 0 Å². The number of aromatic nitrogens is 5. The van der Waals surface area contributed by atoms with Crippen molar-refractivity contribution in [3.8, 4) is 0 Å². The summed E-state index contributed by atoms with van der Waals surface area (Å²) in [5, 5.41) is 11.8. The Morgan fingerprint density at radius 1 is 1.16 bits per heavy atom. The molecule has 3 heterocycles. The molecule has 0 radical (unpaired) electrons. The topological polar surface area (TPSA) is 60.0 Å². The maximum Gasteiger partial charge on any atom is 0.243 e. The van der Waals surface area contributed by atoms with Gasteiger partial charge in [-0.25, -0.2) is 4.52 Å². The summed E-state index contributed by atoms with van der Waals surface area (Å²) in [6.45, 7) is 5.61. The first-order chi connectivity index (χ1) is 9.20. The van der Waals surface area contributed by atoms with Crippen molar-refractivity contribution in [1.82, 2.24) is 24.4 Å². The lowest BCUT2D eigenvalue weighted by Crippen LogP contribution is -2.11. The molecule has 0 spiro atoms. The van der Waals surface area contributed by atoms with E-state index in [1.54, 1.807) is 4.52 Å². The summed E-state index contributed by atoms with van der Waals surface area (Å²) in [7, 11) is 0. The van der Waals surface area contributed by atoms with Crippen molar-refractivity contribution in [1.29, 1.82) is 0 Å². The molecule has 3 rings (SSSR count). The summed E-state index contributed by atoms with van der Waals surface area (Å²) in [4.78, 5) is 4.40. The molecule has 0 saturated heterocycles. The lowest BCUT2D eigenvalue weighted by molar-refractivity contribution is 0.635. The van der Waals surface area contributed by atoms with Crippen LogP contribution in [0.2, 0.25) is 0 Å². The minimum absolute atomic E-state index is 0.648. The van der Waals surface area contributed by atoms with Crippen molar-refractivity contribution < 1.29 is 0 Å². The Labute approximate surface area is 111 Å². The molecule has 0 bridgehead atoms. The Hall–Kier alpha value is -2.37. The van der Waals surface area contributed by atoms with Gasteiger partial charge in [-0.05, 0) is 31.0 Å². The summed E-state index contributed by atoms with van der Waals surface area (Å²) in [6, 6.07) is 3.99. The fraction of sp³-hybridized carbons (Fsp3) is 0.308. The van der Waals surface area contributed by atoms with Gasteiger partial charge in [-0.3, -0.25) is 4.68 Å². The second-order valence-corrected chi connectivity index (χ2v) is 4.65. The standard InChI is InChI=1S/C13H16N6/c1-10-3-4-12-16-13(17-19(12)9-10)14-5-6-18-8-11(2)7-15-18/h3-4,7-9H,5-6H2,1-2H3,(H,14,17). The molecule has 6 nitrogen and oxygen atoms in total. The van der Waals surface area contributed by atoms with Gasteiger partial charge in [-0.15, -0.1) is 5.10 Å². The van der Waals surface area contributed by atoms with Crippen molar-refractivity contribution in [2.45, 2.75) is 20.4 Å². The first kappa shape index (κ1) is 11.7. The summed E-state index contributed by atoms with van der Waals surface area (Å²) in [5.41, 5.74) is 3.18. The predicted octanol–water partition coefficient (Wildman–Crippen LogP) is 1.65. The molecule has 0 aliphatic carbocycles. The van der Waals surface area contributed by atoms with Gasteiger partial charge in [0.15, 0.2) is 5.65 Å². The highest BCUT2D eigenvalue weighted by molar-refractivity contribution is 5.43. The van der Waals surface area contributed by atoms with Crippen LogP contribution in [0.4, 0.5) is 5.95 Å². The van der Waals surface area contributed by atoms with Crippen molar-refractivity contribution >= 4 is 11.6 Å². The van der Waals surface area contributed by atoms with E-state index in [2.05, 4.69) is 20.5 Å². The zero-order valence-electron chi connectivity index (χ0n) is 11.0. The summed E-state index contributed by atoms with van der Waals surface area (Å²) < 4.78 is 3.69. The van der Waals surface area contributed by atoms with E-state index in [9.17, 15) is 0 Å². The van der Waals surface area contributed by atoms with E-state index in [4.69, 9.17) is 0 Å². The molecule has 98 valence electrons.